The van der Waals surface area contributed by atoms with Crippen molar-refractivity contribution in [3.63, 3.8) is 0 Å². The van der Waals surface area contributed by atoms with Gasteiger partial charge >= 0.3 is 0 Å². The predicted octanol–water partition coefficient (Wildman–Crippen LogP) is 4.34. The molecule has 4 heteroatoms. The van der Waals surface area contributed by atoms with Gasteiger partial charge in [0.15, 0.2) is 0 Å². The summed E-state index contributed by atoms with van der Waals surface area (Å²) in [4.78, 5) is 11.9. The first-order chi connectivity index (χ1) is 11.6. The van der Waals surface area contributed by atoms with Crippen molar-refractivity contribution in [2.75, 3.05) is 13.7 Å². The Morgan fingerprint density at radius 2 is 1.79 bits per heavy atom. The molecule has 0 saturated carbocycles. The number of ether oxygens (including phenoxy) is 1. The zero-order chi connectivity index (χ0) is 17.4. The maximum atomic E-state index is 11.9. The van der Waals surface area contributed by atoms with Gasteiger partial charge in [-0.15, -0.1) is 0 Å². The first-order valence-electron chi connectivity index (χ1n) is 8.23. The SMILES string of the molecule is COc1ccc(CCC(=O)NCCCc2ccc(Cl)cc2)cc1C. The van der Waals surface area contributed by atoms with E-state index in [1.807, 2.05) is 43.3 Å². The zero-order valence-electron chi connectivity index (χ0n) is 14.3. The second-order valence-electron chi connectivity index (χ2n) is 5.88. The molecule has 0 fully saturated rings. The number of rotatable bonds is 8. The fraction of sp³-hybridized carbons (Fsp3) is 0.350. The fourth-order valence-corrected chi connectivity index (χ4v) is 2.74. The van der Waals surface area contributed by atoms with E-state index in [1.165, 1.54) is 5.56 Å². The number of halogens is 1. The van der Waals surface area contributed by atoms with Crippen LogP contribution in [0.5, 0.6) is 5.75 Å². The maximum absolute atomic E-state index is 11.9. The molecule has 24 heavy (non-hydrogen) atoms. The number of hydrogen-bond donors (Lipinski definition) is 1. The van der Waals surface area contributed by atoms with Gasteiger partial charge in [0, 0.05) is 18.0 Å². The van der Waals surface area contributed by atoms with Crippen molar-refractivity contribution in [3.8, 4) is 5.75 Å². The van der Waals surface area contributed by atoms with E-state index in [1.54, 1.807) is 7.11 Å². The summed E-state index contributed by atoms with van der Waals surface area (Å²) in [6, 6.07) is 13.9. The molecule has 0 aliphatic rings. The Labute approximate surface area is 149 Å². The van der Waals surface area contributed by atoms with Crippen molar-refractivity contribution < 1.29 is 9.53 Å². The molecule has 0 saturated heterocycles. The number of hydrogen-bond acceptors (Lipinski definition) is 2. The molecule has 2 rings (SSSR count). The number of benzene rings is 2. The number of carbonyl (C=O) groups excluding carboxylic acids is 1. The molecule has 0 bridgehead atoms. The number of amides is 1. The van der Waals surface area contributed by atoms with Crippen molar-refractivity contribution in [1.82, 2.24) is 5.32 Å². The van der Waals surface area contributed by atoms with E-state index in [0.717, 1.165) is 41.2 Å². The van der Waals surface area contributed by atoms with Crippen LogP contribution < -0.4 is 10.1 Å². The van der Waals surface area contributed by atoms with Crippen LogP contribution in [0.2, 0.25) is 5.02 Å². The normalized spacial score (nSPS) is 10.5. The molecule has 2 aromatic rings. The van der Waals surface area contributed by atoms with Crippen molar-refractivity contribution in [2.45, 2.75) is 32.6 Å². The Hall–Kier alpha value is -2.00. The summed E-state index contributed by atoms with van der Waals surface area (Å²) in [5.74, 6) is 0.977. The van der Waals surface area contributed by atoms with Gasteiger partial charge in [0.25, 0.3) is 0 Å². The summed E-state index contributed by atoms with van der Waals surface area (Å²) in [5, 5.41) is 3.73. The number of methoxy groups -OCH3 is 1. The Kier molecular flexibility index (Phi) is 7.13. The molecule has 0 spiro atoms. The minimum absolute atomic E-state index is 0.0968. The summed E-state index contributed by atoms with van der Waals surface area (Å²) in [7, 11) is 1.67. The van der Waals surface area contributed by atoms with Crippen molar-refractivity contribution >= 4 is 17.5 Å². The predicted molar refractivity (Wildman–Crippen MR) is 98.8 cm³/mol. The van der Waals surface area contributed by atoms with Crippen molar-refractivity contribution in [2.24, 2.45) is 0 Å². The molecule has 1 amide bonds. The van der Waals surface area contributed by atoms with Gasteiger partial charge in [0.1, 0.15) is 5.75 Å². The smallest absolute Gasteiger partial charge is 0.220 e. The molecular weight excluding hydrogens is 322 g/mol. The van der Waals surface area contributed by atoms with Crippen LogP contribution in [-0.4, -0.2) is 19.6 Å². The Balaban J connectivity index is 1.66. The average molecular weight is 346 g/mol. The van der Waals surface area contributed by atoms with E-state index in [0.29, 0.717) is 13.0 Å². The van der Waals surface area contributed by atoms with E-state index < -0.39 is 0 Å². The van der Waals surface area contributed by atoms with Crippen LogP contribution in [0.4, 0.5) is 0 Å². The molecule has 0 unspecified atom stereocenters. The second kappa shape index (κ2) is 9.33. The van der Waals surface area contributed by atoms with Gasteiger partial charge < -0.3 is 10.1 Å². The topological polar surface area (TPSA) is 38.3 Å². The maximum Gasteiger partial charge on any atom is 0.220 e. The summed E-state index contributed by atoms with van der Waals surface area (Å²) in [6.45, 7) is 2.71. The molecule has 2 aromatic carbocycles. The summed E-state index contributed by atoms with van der Waals surface area (Å²) in [6.07, 6.45) is 3.12. The van der Waals surface area contributed by atoms with Crippen LogP contribution in [0.3, 0.4) is 0 Å². The van der Waals surface area contributed by atoms with Crippen LogP contribution in [0.1, 0.15) is 29.5 Å². The average Bonchev–Trinajstić information content (AvgIpc) is 2.58. The number of nitrogens with one attached hydrogen (secondary N) is 1. The van der Waals surface area contributed by atoms with E-state index in [-0.39, 0.29) is 5.91 Å². The van der Waals surface area contributed by atoms with Crippen LogP contribution in [0.25, 0.3) is 0 Å². The third-order valence-corrected chi connectivity index (χ3v) is 4.23. The molecule has 128 valence electrons. The highest BCUT2D eigenvalue weighted by molar-refractivity contribution is 6.30. The number of carbonyl (C=O) groups is 1. The summed E-state index contributed by atoms with van der Waals surface area (Å²) in [5.41, 5.74) is 3.49. The first kappa shape index (κ1) is 18.3. The summed E-state index contributed by atoms with van der Waals surface area (Å²) >= 11 is 5.86. The number of aryl methyl sites for hydroxylation is 3. The highest BCUT2D eigenvalue weighted by atomic mass is 35.5. The lowest BCUT2D eigenvalue weighted by atomic mass is 10.1. The van der Waals surface area contributed by atoms with E-state index in [4.69, 9.17) is 16.3 Å². The highest BCUT2D eigenvalue weighted by Crippen LogP contribution is 2.19. The minimum Gasteiger partial charge on any atom is -0.496 e. The lowest BCUT2D eigenvalue weighted by Gasteiger charge is -2.08. The van der Waals surface area contributed by atoms with Crippen molar-refractivity contribution in [1.29, 1.82) is 0 Å². The van der Waals surface area contributed by atoms with Gasteiger partial charge in [-0.3, -0.25) is 4.79 Å². The van der Waals surface area contributed by atoms with Crippen molar-refractivity contribution in [3.05, 3.63) is 64.2 Å². The molecule has 1 N–H and O–H groups in total. The lowest BCUT2D eigenvalue weighted by molar-refractivity contribution is -0.121. The Morgan fingerprint density at radius 1 is 1.08 bits per heavy atom. The quantitative estimate of drug-likeness (QED) is 0.723. The van der Waals surface area contributed by atoms with Gasteiger partial charge in [0.05, 0.1) is 7.11 Å². The molecule has 0 aliphatic heterocycles. The van der Waals surface area contributed by atoms with Gasteiger partial charge in [0.2, 0.25) is 5.91 Å². The lowest BCUT2D eigenvalue weighted by Crippen LogP contribution is -2.25. The van der Waals surface area contributed by atoms with Crippen LogP contribution >= 0.6 is 11.6 Å². The van der Waals surface area contributed by atoms with E-state index in [9.17, 15) is 4.79 Å². The largest absolute Gasteiger partial charge is 0.496 e. The van der Waals surface area contributed by atoms with Crippen LogP contribution in [0, 0.1) is 6.92 Å². The molecular formula is C20H24ClNO2. The molecule has 0 aromatic heterocycles. The first-order valence-corrected chi connectivity index (χ1v) is 8.61. The molecule has 0 heterocycles. The highest BCUT2D eigenvalue weighted by Gasteiger charge is 2.04. The molecule has 3 nitrogen and oxygen atoms in total. The third kappa shape index (κ3) is 5.89. The third-order valence-electron chi connectivity index (χ3n) is 3.98. The fourth-order valence-electron chi connectivity index (χ4n) is 2.61. The van der Waals surface area contributed by atoms with Gasteiger partial charge in [-0.25, -0.2) is 0 Å². The van der Waals surface area contributed by atoms with Crippen LogP contribution in [-0.2, 0) is 17.6 Å². The zero-order valence-corrected chi connectivity index (χ0v) is 15.0. The van der Waals surface area contributed by atoms with Crippen LogP contribution in [0.15, 0.2) is 42.5 Å². The molecule has 0 radical (unpaired) electrons. The second-order valence-corrected chi connectivity index (χ2v) is 6.32. The van der Waals surface area contributed by atoms with E-state index in [2.05, 4.69) is 11.4 Å². The Morgan fingerprint density at radius 3 is 2.46 bits per heavy atom. The monoisotopic (exact) mass is 345 g/mol. The molecule has 0 aliphatic carbocycles. The Bertz CT molecular complexity index is 668. The molecule has 0 atom stereocenters. The van der Waals surface area contributed by atoms with Gasteiger partial charge in [-0.2, -0.15) is 0 Å². The standard InChI is InChI=1S/C20H24ClNO2/c1-15-14-17(7-11-19(15)24-2)8-12-20(23)22-13-3-4-16-5-9-18(21)10-6-16/h5-7,9-11,14H,3-4,8,12-13H2,1-2H3,(H,22,23). The minimum atomic E-state index is 0.0968. The summed E-state index contributed by atoms with van der Waals surface area (Å²) < 4.78 is 5.25. The van der Waals surface area contributed by atoms with Gasteiger partial charge in [-0.1, -0.05) is 35.9 Å². The van der Waals surface area contributed by atoms with Gasteiger partial charge in [-0.05, 0) is 61.1 Å². The van der Waals surface area contributed by atoms with E-state index >= 15 is 0 Å².